The summed E-state index contributed by atoms with van der Waals surface area (Å²) in [5.74, 6) is -0.288. The molecule has 78 valence electrons. The van der Waals surface area contributed by atoms with Crippen molar-refractivity contribution in [2.45, 2.75) is 46.6 Å². The molecular formula is C10H21NO2. The van der Waals surface area contributed by atoms with Gasteiger partial charge in [0.2, 0.25) is 0 Å². The molecule has 13 heavy (non-hydrogen) atoms. The van der Waals surface area contributed by atoms with Gasteiger partial charge in [0.1, 0.15) is 6.04 Å². The van der Waals surface area contributed by atoms with E-state index in [-0.39, 0.29) is 11.4 Å². The van der Waals surface area contributed by atoms with Crippen molar-refractivity contribution in [2.24, 2.45) is 11.1 Å². The van der Waals surface area contributed by atoms with Crippen LogP contribution in [-0.2, 0) is 9.53 Å². The lowest BCUT2D eigenvalue weighted by molar-refractivity contribution is -0.145. The quantitative estimate of drug-likeness (QED) is 0.666. The summed E-state index contributed by atoms with van der Waals surface area (Å²) in [5, 5.41) is 0. The van der Waals surface area contributed by atoms with Crippen molar-refractivity contribution in [2.75, 3.05) is 6.61 Å². The molecule has 0 aromatic heterocycles. The Morgan fingerprint density at radius 3 is 2.38 bits per heavy atom. The molecule has 0 bridgehead atoms. The van der Waals surface area contributed by atoms with Crippen molar-refractivity contribution in [3.05, 3.63) is 0 Å². The summed E-state index contributed by atoms with van der Waals surface area (Å²) in [4.78, 5) is 11.2. The minimum absolute atomic E-state index is 0.117. The highest BCUT2D eigenvalue weighted by atomic mass is 16.5. The Balaban J connectivity index is 3.99. The molecule has 0 aliphatic carbocycles. The molecule has 0 aromatic rings. The van der Waals surface area contributed by atoms with Crippen LogP contribution in [0.2, 0.25) is 0 Å². The number of rotatable bonds is 5. The molecule has 1 unspecified atom stereocenters. The molecule has 1 atom stereocenters. The predicted molar refractivity (Wildman–Crippen MR) is 53.3 cm³/mol. The van der Waals surface area contributed by atoms with E-state index in [2.05, 4.69) is 20.8 Å². The molecule has 0 rings (SSSR count). The molecule has 0 saturated heterocycles. The van der Waals surface area contributed by atoms with Crippen LogP contribution in [0, 0.1) is 5.41 Å². The summed E-state index contributed by atoms with van der Waals surface area (Å²) in [5.41, 5.74) is 5.81. The van der Waals surface area contributed by atoms with Gasteiger partial charge in [-0.25, -0.2) is 0 Å². The first-order chi connectivity index (χ1) is 5.93. The molecule has 0 fully saturated rings. The molecule has 0 spiro atoms. The lowest BCUT2D eigenvalue weighted by Gasteiger charge is -2.25. The molecule has 2 N–H and O–H groups in total. The van der Waals surface area contributed by atoms with Crippen LogP contribution in [0.3, 0.4) is 0 Å². The lowest BCUT2D eigenvalue weighted by Crippen LogP contribution is -2.36. The maximum absolute atomic E-state index is 11.2. The van der Waals surface area contributed by atoms with Crippen molar-refractivity contribution in [3.8, 4) is 0 Å². The summed E-state index contributed by atoms with van der Waals surface area (Å²) in [6.07, 6.45) is 1.70. The van der Waals surface area contributed by atoms with Crippen LogP contribution in [0.1, 0.15) is 40.5 Å². The molecule has 0 amide bonds. The first-order valence-corrected chi connectivity index (χ1v) is 4.85. The molecular weight excluding hydrogens is 166 g/mol. The van der Waals surface area contributed by atoms with E-state index < -0.39 is 6.04 Å². The van der Waals surface area contributed by atoms with E-state index in [0.29, 0.717) is 13.0 Å². The number of nitrogens with two attached hydrogens (primary N) is 1. The third-order valence-corrected chi connectivity index (χ3v) is 2.32. The number of hydrogen-bond acceptors (Lipinski definition) is 3. The standard InChI is InChI=1S/C10H21NO2/c1-5-10(3,4)7-8(11)9(12)13-6-2/h8H,5-7,11H2,1-4H3. The van der Waals surface area contributed by atoms with Crippen molar-refractivity contribution < 1.29 is 9.53 Å². The highest BCUT2D eigenvalue weighted by molar-refractivity contribution is 5.75. The third-order valence-electron chi connectivity index (χ3n) is 2.32. The van der Waals surface area contributed by atoms with Crippen molar-refractivity contribution in [3.63, 3.8) is 0 Å². The molecule has 0 aliphatic rings. The molecule has 0 aliphatic heterocycles. The van der Waals surface area contributed by atoms with E-state index >= 15 is 0 Å². The highest BCUT2D eigenvalue weighted by Gasteiger charge is 2.24. The van der Waals surface area contributed by atoms with Gasteiger partial charge in [-0.1, -0.05) is 27.2 Å². The van der Waals surface area contributed by atoms with Gasteiger partial charge in [0.05, 0.1) is 6.61 Å². The fraction of sp³-hybridized carbons (Fsp3) is 0.900. The number of esters is 1. The molecule has 0 saturated carbocycles. The summed E-state index contributed by atoms with van der Waals surface area (Å²) >= 11 is 0. The average molecular weight is 187 g/mol. The normalized spacial score (nSPS) is 13.9. The Labute approximate surface area is 80.6 Å². The minimum atomic E-state index is -0.477. The topological polar surface area (TPSA) is 52.3 Å². The summed E-state index contributed by atoms with van der Waals surface area (Å²) in [6.45, 7) is 8.49. The van der Waals surface area contributed by atoms with Crippen molar-refractivity contribution in [1.29, 1.82) is 0 Å². The lowest BCUT2D eigenvalue weighted by atomic mass is 9.83. The molecule has 0 heterocycles. The largest absolute Gasteiger partial charge is 0.465 e. The smallest absolute Gasteiger partial charge is 0.322 e. The second-order valence-electron chi connectivity index (χ2n) is 4.08. The van der Waals surface area contributed by atoms with Crippen LogP contribution in [0.25, 0.3) is 0 Å². The zero-order valence-corrected chi connectivity index (χ0v) is 9.09. The fourth-order valence-electron chi connectivity index (χ4n) is 1.07. The zero-order valence-electron chi connectivity index (χ0n) is 9.09. The van der Waals surface area contributed by atoms with Gasteiger partial charge in [-0.2, -0.15) is 0 Å². The fourth-order valence-corrected chi connectivity index (χ4v) is 1.07. The molecule has 3 nitrogen and oxygen atoms in total. The first-order valence-electron chi connectivity index (χ1n) is 4.85. The molecule has 0 aromatic carbocycles. The van der Waals surface area contributed by atoms with Gasteiger partial charge in [0, 0.05) is 0 Å². The van der Waals surface area contributed by atoms with E-state index in [4.69, 9.17) is 10.5 Å². The minimum Gasteiger partial charge on any atom is -0.465 e. The van der Waals surface area contributed by atoms with E-state index in [0.717, 1.165) is 6.42 Å². The maximum Gasteiger partial charge on any atom is 0.322 e. The van der Waals surface area contributed by atoms with Crippen LogP contribution >= 0.6 is 0 Å². The second kappa shape index (κ2) is 5.22. The van der Waals surface area contributed by atoms with Gasteiger partial charge in [-0.15, -0.1) is 0 Å². The second-order valence-corrected chi connectivity index (χ2v) is 4.08. The zero-order chi connectivity index (χ0) is 10.5. The van der Waals surface area contributed by atoms with Crippen molar-refractivity contribution in [1.82, 2.24) is 0 Å². The van der Waals surface area contributed by atoms with Gasteiger partial charge in [-0.05, 0) is 18.8 Å². The number of carbonyl (C=O) groups excluding carboxylic acids is 1. The van der Waals surface area contributed by atoms with E-state index in [1.807, 2.05) is 0 Å². The summed E-state index contributed by atoms with van der Waals surface area (Å²) in [6, 6.07) is -0.477. The van der Waals surface area contributed by atoms with Gasteiger partial charge >= 0.3 is 5.97 Å². The highest BCUT2D eigenvalue weighted by Crippen LogP contribution is 2.25. The monoisotopic (exact) mass is 187 g/mol. The van der Waals surface area contributed by atoms with Crippen LogP contribution in [-0.4, -0.2) is 18.6 Å². The van der Waals surface area contributed by atoms with E-state index in [1.165, 1.54) is 0 Å². The van der Waals surface area contributed by atoms with Gasteiger partial charge in [0.25, 0.3) is 0 Å². The van der Waals surface area contributed by atoms with E-state index in [9.17, 15) is 4.79 Å². The van der Waals surface area contributed by atoms with Crippen LogP contribution < -0.4 is 5.73 Å². The number of hydrogen-bond donors (Lipinski definition) is 1. The summed E-state index contributed by atoms with van der Waals surface area (Å²) in [7, 11) is 0. The van der Waals surface area contributed by atoms with Gasteiger partial charge < -0.3 is 10.5 Å². The Kier molecular flexibility index (Phi) is 4.99. The molecule has 3 heteroatoms. The van der Waals surface area contributed by atoms with E-state index in [1.54, 1.807) is 6.92 Å². The SMILES string of the molecule is CCOC(=O)C(N)CC(C)(C)CC. The Hall–Kier alpha value is -0.570. The van der Waals surface area contributed by atoms with Gasteiger partial charge in [0.15, 0.2) is 0 Å². The summed E-state index contributed by atoms with van der Waals surface area (Å²) < 4.78 is 4.83. The van der Waals surface area contributed by atoms with Crippen molar-refractivity contribution >= 4 is 5.97 Å². The Morgan fingerprint density at radius 2 is 2.00 bits per heavy atom. The number of ether oxygens (including phenoxy) is 1. The Bertz CT molecular complexity index is 166. The van der Waals surface area contributed by atoms with Crippen LogP contribution in [0.5, 0.6) is 0 Å². The van der Waals surface area contributed by atoms with Crippen LogP contribution in [0.4, 0.5) is 0 Å². The first kappa shape index (κ1) is 12.4. The average Bonchev–Trinajstić information content (AvgIpc) is 2.04. The Morgan fingerprint density at radius 1 is 1.46 bits per heavy atom. The molecule has 0 radical (unpaired) electrons. The third kappa shape index (κ3) is 4.88. The number of carbonyl (C=O) groups is 1. The van der Waals surface area contributed by atoms with Crippen LogP contribution in [0.15, 0.2) is 0 Å². The predicted octanol–water partition coefficient (Wildman–Crippen LogP) is 1.70. The maximum atomic E-state index is 11.2. The van der Waals surface area contributed by atoms with Gasteiger partial charge in [-0.3, -0.25) is 4.79 Å².